The van der Waals surface area contributed by atoms with Gasteiger partial charge in [0.15, 0.2) is 0 Å². The minimum Gasteiger partial charge on any atom is -0.404 e. The monoisotopic (exact) mass is 280 g/mol. The molecular formula is C8H4BrF3N2O. The maximum absolute atomic E-state index is 12.0. The van der Waals surface area contributed by atoms with E-state index in [1.165, 1.54) is 18.5 Å². The van der Waals surface area contributed by atoms with Gasteiger partial charge >= 0.3 is 6.36 Å². The summed E-state index contributed by atoms with van der Waals surface area (Å²) >= 11 is 2.98. The molecule has 3 nitrogen and oxygen atoms in total. The van der Waals surface area contributed by atoms with Crippen molar-refractivity contribution in [3.63, 3.8) is 0 Å². The maximum atomic E-state index is 12.0. The SMILES string of the molecule is FC(F)(F)Oc1cc2nc[nH]c2cc1Br. The lowest BCUT2D eigenvalue weighted by atomic mass is 10.3. The number of aromatic amines is 1. The molecule has 0 radical (unpaired) electrons. The second-order valence-electron chi connectivity index (χ2n) is 2.75. The maximum Gasteiger partial charge on any atom is 0.573 e. The van der Waals surface area contributed by atoms with Crippen molar-refractivity contribution in [2.45, 2.75) is 6.36 Å². The van der Waals surface area contributed by atoms with Crippen LogP contribution in [0.3, 0.4) is 0 Å². The highest BCUT2D eigenvalue weighted by Crippen LogP contribution is 2.32. The molecule has 0 saturated carbocycles. The number of hydrogen-bond acceptors (Lipinski definition) is 2. The van der Waals surface area contributed by atoms with E-state index in [-0.39, 0.29) is 10.2 Å². The quantitative estimate of drug-likeness (QED) is 0.871. The Bertz CT molecular complexity index is 494. The Balaban J connectivity index is 2.46. The third kappa shape index (κ3) is 2.23. The van der Waals surface area contributed by atoms with Crippen LogP contribution in [0.2, 0.25) is 0 Å². The van der Waals surface area contributed by atoms with Gasteiger partial charge < -0.3 is 9.72 Å². The van der Waals surface area contributed by atoms with Crippen molar-refractivity contribution in [2.24, 2.45) is 0 Å². The number of halogens is 4. The van der Waals surface area contributed by atoms with Gasteiger partial charge in [-0.05, 0) is 22.0 Å². The summed E-state index contributed by atoms with van der Waals surface area (Å²) in [5, 5.41) is 0. The number of H-pyrrole nitrogens is 1. The molecule has 0 amide bonds. The lowest BCUT2D eigenvalue weighted by Crippen LogP contribution is -2.17. The molecule has 0 fully saturated rings. The van der Waals surface area contributed by atoms with Crippen molar-refractivity contribution in [2.75, 3.05) is 0 Å². The van der Waals surface area contributed by atoms with E-state index in [0.717, 1.165) is 0 Å². The second-order valence-corrected chi connectivity index (χ2v) is 3.60. The molecule has 0 saturated heterocycles. The molecule has 0 atom stereocenters. The first-order valence-electron chi connectivity index (χ1n) is 3.84. The van der Waals surface area contributed by atoms with Crippen LogP contribution in [0.5, 0.6) is 5.75 Å². The van der Waals surface area contributed by atoms with Gasteiger partial charge in [0.2, 0.25) is 0 Å². The smallest absolute Gasteiger partial charge is 0.404 e. The topological polar surface area (TPSA) is 37.9 Å². The van der Waals surface area contributed by atoms with E-state index in [1.807, 2.05) is 0 Å². The van der Waals surface area contributed by atoms with E-state index < -0.39 is 6.36 Å². The van der Waals surface area contributed by atoms with Crippen LogP contribution in [-0.4, -0.2) is 16.3 Å². The fraction of sp³-hybridized carbons (Fsp3) is 0.125. The van der Waals surface area contributed by atoms with E-state index in [4.69, 9.17) is 0 Å². The molecule has 0 spiro atoms. The normalized spacial score (nSPS) is 12.0. The number of hydrogen-bond donors (Lipinski definition) is 1. The van der Waals surface area contributed by atoms with Crippen LogP contribution in [0.25, 0.3) is 11.0 Å². The number of benzene rings is 1. The summed E-state index contributed by atoms with van der Waals surface area (Å²) < 4.78 is 40.0. The average molecular weight is 281 g/mol. The first kappa shape index (κ1) is 10.3. The third-order valence-corrected chi connectivity index (χ3v) is 2.32. The minimum absolute atomic E-state index is 0.219. The number of nitrogens with zero attached hydrogens (tertiary/aromatic N) is 1. The van der Waals surface area contributed by atoms with Crippen molar-refractivity contribution < 1.29 is 17.9 Å². The molecular weight excluding hydrogens is 277 g/mol. The molecule has 0 unspecified atom stereocenters. The Labute approximate surface area is 90.4 Å². The lowest BCUT2D eigenvalue weighted by Gasteiger charge is -2.10. The standard InChI is InChI=1S/C8H4BrF3N2O/c9-4-1-5-6(14-3-13-5)2-7(4)15-8(10,11)12/h1-3H,(H,13,14). The molecule has 0 aliphatic heterocycles. The highest BCUT2D eigenvalue weighted by Gasteiger charge is 2.32. The van der Waals surface area contributed by atoms with Crippen molar-refractivity contribution in [3.8, 4) is 5.75 Å². The summed E-state index contributed by atoms with van der Waals surface area (Å²) in [6.07, 6.45) is -3.30. The van der Waals surface area contributed by atoms with Gasteiger partial charge in [0, 0.05) is 6.07 Å². The van der Waals surface area contributed by atoms with Crippen LogP contribution in [0, 0.1) is 0 Å². The molecule has 0 bridgehead atoms. The highest BCUT2D eigenvalue weighted by atomic mass is 79.9. The van der Waals surface area contributed by atoms with Crippen molar-refractivity contribution in [1.82, 2.24) is 9.97 Å². The van der Waals surface area contributed by atoms with Gasteiger partial charge in [-0.2, -0.15) is 0 Å². The van der Waals surface area contributed by atoms with Crippen LogP contribution in [0.1, 0.15) is 0 Å². The minimum atomic E-state index is -4.70. The lowest BCUT2D eigenvalue weighted by molar-refractivity contribution is -0.274. The highest BCUT2D eigenvalue weighted by molar-refractivity contribution is 9.10. The van der Waals surface area contributed by atoms with E-state index in [2.05, 4.69) is 30.6 Å². The van der Waals surface area contributed by atoms with Gasteiger partial charge in [0.05, 0.1) is 21.8 Å². The molecule has 2 aromatic rings. The van der Waals surface area contributed by atoms with Gasteiger partial charge in [-0.3, -0.25) is 0 Å². The summed E-state index contributed by atoms with van der Waals surface area (Å²) in [6, 6.07) is 2.69. The van der Waals surface area contributed by atoms with Gasteiger partial charge in [0.25, 0.3) is 0 Å². The number of ether oxygens (including phenoxy) is 1. The summed E-state index contributed by atoms with van der Waals surface area (Å²) in [5.74, 6) is -0.304. The zero-order chi connectivity index (χ0) is 11.1. The Hall–Kier alpha value is -1.24. The number of rotatable bonds is 1. The fourth-order valence-electron chi connectivity index (χ4n) is 1.14. The first-order chi connectivity index (χ1) is 6.96. The molecule has 7 heteroatoms. The Kier molecular flexibility index (Phi) is 2.34. The van der Waals surface area contributed by atoms with E-state index in [9.17, 15) is 13.2 Å². The van der Waals surface area contributed by atoms with Crippen molar-refractivity contribution in [1.29, 1.82) is 0 Å². The zero-order valence-electron chi connectivity index (χ0n) is 7.10. The van der Waals surface area contributed by atoms with E-state index >= 15 is 0 Å². The molecule has 1 aromatic heterocycles. The second kappa shape index (κ2) is 3.41. The van der Waals surface area contributed by atoms with Crippen LogP contribution in [0.15, 0.2) is 22.9 Å². The molecule has 2 rings (SSSR count). The van der Waals surface area contributed by atoms with E-state index in [0.29, 0.717) is 11.0 Å². The predicted octanol–water partition coefficient (Wildman–Crippen LogP) is 3.22. The fourth-order valence-corrected chi connectivity index (χ4v) is 1.56. The number of alkyl halides is 3. The van der Waals surface area contributed by atoms with E-state index in [1.54, 1.807) is 0 Å². The summed E-state index contributed by atoms with van der Waals surface area (Å²) in [6.45, 7) is 0. The first-order valence-corrected chi connectivity index (χ1v) is 4.63. The largest absolute Gasteiger partial charge is 0.573 e. The summed E-state index contributed by atoms with van der Waals surface area (Å²) in [5.41, 5.74) is 1.05. The van der Waals surface area contributed by atoms with Gasteiger partial charge in [0.1, 0.15) is 5.75 Å². The molecule has 1 N–H and O–H groups in total. The number of nitrogens with one attached hydrogen (secondary N) is 1. The summed E-state index contributed by atoms with van der Waals surface area (Å²) in [7, 11) is 0. The van der Waals surface area contributed by atoms with Crippen molar-refractivity contribution in [3.05, 3.63) is 22.9 Å². The van der Waals surface area contributed by atoms with Gasteiger partial charge in [-0.25, -0.2) is 4.98 Å². The van der Waals surface area contributed by atoms with Gasteiger partial charge in [-0.15, -0.1) is 13.2 Å². The van der Waals surface area contributed by atoms with Crippen molar-refractivity contribution >= 4 is 27.0 Å². The number of fused-ring (bicyclic) bond motifs is 1. The molecule has 1 aromatic carbocycles. The van der Waals surface area contributed by atoms with Gasteiger partial charge in [-0.1, -0.05) is 0 Å². The van der Waals surface area contributed by atoms with Crippen LogP contribution in [0.4, 0.5) is 13.2 Å². The summed E-state index contributed by atoms with van der Waals surface area (Å²) in [4.78, 5) is 6.60. The Morgan fingerprint density at radius 3 is 2.73 bits per heavy atom. The molecule has 1 heterocycles. The third-order valence-electron chi connectivity index (χ3n) is 1.70. The Morgan fingerprint density at radius 1 is 1.33 bits per heavy atom. The van der Waals surface area contributed by atoms with Crippen LogP contribution < -0.4 is 4.74 Å². The number of aromatic nitrogens is 2. The molecule has 15 heavy (non-hydrogen) atoms. The molecule has 0 aliphatic rings. The molecule has 0 aliphatic carbocycles. The molecule has 80 valence electrons. The zero-order valence-corrected chi connectivity index (χ0v) is 8.69. The predicted molar refractivity (Wildman–Crippen MR) is 50.5 cm³/mol. The number of imidazole rings is 1. The Morgan fingerprint density at radius 2 is 2.07 bits per heavy atom. The average Bonchev–Trinajstić information content (AvgIpc) is 2.49. The van der Waals surface area contributed by atoms with Crippen LogP contribution >= 0.6 is 15.9 Å². The van der Waals surface area contributed by atoms with Crippen LogP contribution in [-0.2, 0) is 0 Å².